The minimum atomic E-state index is -3.67. The molecule has 2 heterocycles. The zero-order valence-electron chi connectivity index (χ0n) is 13.8. The molecule has 0 aromatic heterocycles. The first-order chi connectivity index (χ1) is 11.5. The van der Waals surface area contributed by atoms with Crippen molar-refractivity contribution < 1.29 is 17.5 Å². The summed E-state index contributed by atoms with van der Waals surface area (Å²) in [5.41, 5.74) is 3.02. The standard InChI is InChI=1S/C18H22FNO3S/c1-2-23-18-8-7-16(11-17(18)19)24(21,22)20-14-5-6-15(20)10-13(9-14)12-3-4-12/h7-8,11,14-15H,2-6,9-10H2,1H3. The summed E-state index contributed by atoms with van der Waals surface area (Å²) >= 11 is 0. The smallest absolute Gasteiger partial charge is 0.243 e. The Morgan fingerprint density at radius 1 is 1.17 bits per heavy atom. The summed E-state index contributed by atoms with van der Waals surface area (Å²) in [7, 11) is -3.67. The minimum absolute atomic E-state index is 0.0304. The van der Waals surface area contributed by atoms with Crippen LogP contribution in [0.3, 0.4) is 0 Å². The normalized spacial score (nSPS) is 26.8. The van der Waals surface area contributed by atoms with Crippen molar-refractivity contribution in [2.75, 3.05) is 6.61 Å². The highest BCUT2D eigenvalue weighted by atomic mass is 32.2. The van der Waals surface area contributed by atoms with Gasteiger partial charge in [0, 0.05) is 12.1 Å². The molecule has 1 aliphatic carbocycles. The van der Waals surface area contributed by atoms with Crippen LogP contribution in [0.25, 0.3) is 0 Å². The molecular formula is C18H22FNO3S. The number of nitrogens with zero attached hydrogens (tertiary/aromatic N) is 1. The fraction of sp³-hybridized carbons (Fsp3) is 0.556. The van der Waals surface area contributed by atoms with Crippen LogP contribution in [-0.2, 0) is 10.0 Å². The van der Waals surface area contributed by atoms with Gasteiger partial charge in [0.25, 0.3) is 0 Å². The third-order valence-corrected chi connectivity index (χ3v) is 7.30. The lowest BCUT2D eigenvalue weighted by Crippen LogP contribution is -2.44. The van der Waals surface area contributed by atoms with E-state index in [1.165, 1.54) is 36.1 Å². The van der Waals surface area contributed by atoms with E-state index >= 15 is 0 Å². The number of hydrogen-bond donors (Lipinski definition) is 0. The first kappa shape index (κ1) is 16.1. The van der Waals surface area contributed by atoms with Gasteiger partial charge in [-0.25, -0.2) is 12.8 Å². The Morgan fingerprint density at radius 3 is 2.38 bits per heavy atom. The van der Waals surface area contributed by atoms with Gasteiger partial charge in [-0.05, 0) is 63.6 Å². The van der Waals surface area contributed by atoms with Gasteiger partial charge in [0.2, 0.25) is 10.0 Å². The van der Waals surface area contributed by atoms with Crippen LogP contribution in [-0.4, -0.2) is 31.4 Å². The molecule has 0 amide bonds. The SMILES string of the molecule is CCOc1ccc(S(=O)(=O)N2C3CCC2CC(=C2CC2)C3)cc1F. The van der Waals surface area contributed by atoms with Gasteiger partial charge in [-0.1, -0.05) is 11.1 Å². The average Bonchev–Trinajstić information content (AvgIpc) is 3.35. The molecule has 3 fully saturated rings. The molecule has 6 heteroatoms. The highest BCUT2D eigenvalue weighted by molar-refractivity contribution is 7.89. The summed E-state index contributed by atoms with van der Waals surface area (Å²) < 4.78 is 47.0. The highest BCUT2D eigenvalue weighted by Gasteiger charge is 2.46. The number of hydrogen-bond acceptors (Lipinski definition) is 3. The molecule has 1 aromatic rings. The Balaban J connectivity index is 1.64. The molecule has 130 valence electrons. The van der Waals surface area contributed by atoms with E-state index in [1.807, 2.05) is 0 Å². The molecule has 0 spiro atoms. The summed E-state index contributed by atoms with van der Waals surface area (Å²) in [6.45, 7) is 2.11. The molecule has 3 aliphatic rings. The van der Waals surface area contributed by atoms with Crippen molar-refractivity contribution >= 4 is 10.0 Å². The Labute approximate surface area is 142 Å². The van der Waals surface area contributed by atoms with Crippen LogP contribution in [0.15, 0.2) is 34.2 Å². The molecule has 0 N–H and O–H groups in total. The predicted molar refractivity (Wildman–Crippen MR) is 88.9 cm³/mol. The fourth-order valence-electron chi connectivity index (χ4n) is 4.11. The second kappa shape index (κ2) is 5.85. The molecule has 2 bridgehead atoms. The van der Waals surface area contributed by atoms with Crippen LogP contribution >= 0.6 is 0 Å². The van der Waals surface area contributed by atoms with Gasteiger partial charge in [-0.2, -0.15) is 4.31 Å². The molecule has 2 atom stereocenters. The van der Waals surface area contributed by atoms with Crippen molar-refractivity contribution in [2.45, 2.75) is 62.4 Å². The van der Waals surface area contributed by atoms with Crippen LogP contribution in [0.2, 0.25) is 0 Å². The largest absolute Gasteiger partial charge is 0.491 e. The molecular weight excluding hydrogens is 329 g/mol. The zero-order valence-corrected chi connectivity index (χ0v) is 14.6. The maximum Gasteiger partial charge on any atom is 0.243 e. The van der Waals surface area contributed by atoms with E-state index in [0.717, 1.165) is 31.7 Å². The van der Waals surface area contributed by atoms with Gasteiger partial charge in [-0.15, -0.1) is 0 Å². The number of halogens is 1. The van der Waals surface area contributed by atoms with Crippen molar-refractivity contribution in [1.29, 1.82) is 0 Å². The summed E-state index contributed by atoms with van der Waals surface area (Å²) in [6, 6.07) is 4.03. The first-order valence-electron chi connectivity index (χ1n) is 8.66. The molecule has 1 saturated carbocycles. The van der Waals surface area contributed by atoms with Crippen molar-refractivity contribution in [1.82, 2.24) is 4.31 Å². The molecule has 4 rings (SSSR count). The highest BCUT2D eigenvalue weighted by Crippen LogP contribution is 2.46. The topological polar surface area (TPSA) is 46.6 Å². The van der Waals surface area contributed by atoms with E-state index in [9.17, 15) is 12.8 Å². The fourth-order valence-corrected chi connectivity index (χ4v) is 5.99. The van der Waals surface area contributed by atoms with Crippen LogP contribution < -0.4 is 4.74 Å². The van der Waals surface area contributed by atoms with Gasteiger partial charge >= 0.3 is 0 Å². The Kier molecular flexibility index (Phi) is 3.92. The van der Waals surface area contributed by atoms with Crippen LogP contribution in [0.4, 0.5) is 4.39 Å². The number of ether oxygens (including phenoxy) is 1. The number of benzene rings is 1. The molecule has 24 heavy (non-hydrogen) atoms. The lowest BCUT2D eigenvalue weighted by atomic mass is 9.98. The average molecular weight is 351 g/mol. The van der Waals surface area contributed by atoms with E-state index in [1.54, 1.807) is 11.2 Å². The zero-order chi connectivity index (χ0) is 16.9. The maximum absolute atomic E-state index is 14.1. The third-order valence-electron chi connectivity index (χ3n) is 5.30. The quantitative estimate of drug-likeness (QED) is 0.778. The molecule has 0 radical (unpaired) electrons. The number of fused-ring (bicyclic) bond motifs is 2. The second-order valence-corrected chi connectivity index (χ2v) is 8.70. The summed E-state index contributed by atoms with van der Waals surface area (Å²) in [5.74, 6) is -0.526. The van der Waals surface area contributed by atoms with Crippen LogP contribution in [0, 0.1) is 5.82 Å². The van der Waals surface area contributed by atoms with Gasteiger partial charge in [0.15, 0.2) is 11.6 Å². The van der Waals surface area contributed by atoms with Crippen LogP contribution in [0.1, 0.15) is 45.4 Å². The molecule has 2 aliphatic heterocycles. The van der Waals surface area contributed by atoms with Crippen molar-refractivity contribution in [3.63, 3.8) is 0 Å². The van der Waals surface area contributed by atoms with E-state index in [4.69, 9.17) is 4.74 Å². The van der Waals surface area contributed by atoms with Gasteiger partial charge < -0.3 is 4.74 Å². The Bertz CT molecular complexity index is 780. The number of allylic oxidation sites excluding steroid dienone is 1. The number of piperidine rings is 1. The summed E-state index contributed by atoms with van der Waals surface area (Å²) in [4.78, 5) is 0.0304. The monoisotopic (exact) mass is 351 g/mol. The van der Waals surface area contributed by atoms with Gasteiger partial charge in [0.05, 0.1) is 11.5 Å². The van der Waals surface area contributed by atoms with Gasteiger partial charge in [0.1, 0.15) is 0 Å². The first-order valence-corrected chi connectivity index (χ1v) is 10.1. The maximum atomic E-state index is 14.1. The molecule has 1 aromatic carbocycles. The lowest BCUT2D eigenvalue weighted by molar-refractivity contribution is 0.284. The van der Waals surface area contributed by atoms with Crippen molar-refractivity contribution in [3.8, 4) is 5.75 Å². The van der Waals surface area contributed by atoms with E-state index in [-0.39, 0.29) is 22.7 Å². The van der Waals surface area contributed by atoms with Crippen molar-refractivity contribution in [2.24, 2.45) is 0 Å². The van der Waals surface area contributed by atoms with E-state index < -0.39 is 15.8 Å². The molecule has 2 unspecified atom stereocenters. The lowest BCUT2D eigenvalue weighted by Gasteiger charge is -2.35. The number of rotatable bonds is 4. The molecule has 2 saturated heterocycles. The minimum Gasteiger partial charge on any atom is -0.491 e. The summed E-state index contributed by atoms with van der Waals surface area (Å²) in [5, 5.41) is 0. The predicted octanol–water partition coefficient (Wildman–Crippen LogP) is 3.63. The summed E-state index contributed by atoms with van der Waals surface area (Å²) in [6.07, 6.45) is 5.88. The number of sulfonamides is 1. The van der Waals surface area contributed by atoms with E-state index in [0.29, 0.717) is 6.61 Å². The van der Waals surface area contributed by atoms with E-state index in [2.05, 4.69) is 0 Å². The Hall–Kier alpha value is -1.40. The second-order valence-electron chi connectivity index (χ2n) is 6.86. The van der Waals surface area contributed by atoms with Gasteiger partial charge in [-0.3, -0.25) is 0 Å². The molecule has 4 nitrogen and oxygen atoms in total. The van der Waals surface area contributed by atoms with Crippen LogP contribution in [0.5, 0.6) is 5.75 Å². The third kappa shape index (κ3) is 2.65. The Morgan fingerprint density at radius 2 is 1.83 bits per heavy atom. The van der Waals surface area contributed by atoms with Crippen molar-refractivity contribution in [3.05, 3.63) is 35.2 Å².